The maximum Gasteiger partial charge on any atom is 0.407 e. The second kappa shape index (κ2) is 12.7. The maximum absolute atomic E-state index is 13.7. The highest BCUT2D eigenvalue weighted by molar-refractivity contribution is 6.30. The lowest BCUT2D eigenvalue weighted by molar-refractivity contribution is -0.174. The normalized spacial score (nSPS) is 18.6. The fourth-order valence-electron chi connectivity index (χ4n) is 4.19. The Labute approximate surface area is 237 Å². The van der Waals surface area contributed by atoms with E-state index in [2.05, 4.69) is 10.6 Å². The van der Waals surface area contributed by atoms with Gasteiger partial charge in [0.15, 0.2) is 6.10 Å². The van der Waals surface area contributed by atoms with Crippen LogP contribution in [0.2, 0.25) is 5.02 Å². The van der Waals surface area contributed by atoms with E-state index in [9.17, 15) is 32.3 Å². The van der Waals surface area contributed by atoms with Crippen molar-refractivity contribution in [3.63, 3.8) is 0 Å². The largest absolute Gasteiger partial charge is 0.452 e. The molecule has 0 bridgehead atoms. The van der Waals surface area contributed by atoms with Crippen molar-refractivity contribution in [2.24, 2.45) is 11.3 Å². The highest BCUT2D eigenvalue weighted by atomic mass is 35.5. The zero-order chi connectivity index (χ0) is 30.6. The number of nitrogens with zero attached hydrogens (tertiary/aromatic N) is 1. The van der Waals surface area contributed by atoms with Crippen molar-refractivity contribution in [3.05, 3.63) is 34.3 Å². The first kappa shape index (κ1) is 33.2. The van der Waals surface area contributed by atoms with E-state index in [4.69, 9.17) is 21.1 Å². The SMILES string of the molecule is CC(=O)OC(C(=O)N1C[C@@H](C(F)(F)F)C[C@H]1C(=O)NCc1cc(Cl)ccc1CNC(=O)OC(C)(C)C)C(C)(C)C. The molecule has 1 saturated heterocycles. The van der Waals surface area contributed by atoms with E-state index in [0.717, 1.165) is 11.8 Å². The summed E-state index contributed by atoms with van der Waals surface area (Å²) >= 11 is 6.12. The van der Waals surface area contributed by atoms with Gasteiger partial charge in [-0.2, -0.15) is 13.2 Å². The zero-order valence-electron chi connectivity index (χ0n) is 23.7. The molecule has 1 aliphatic heterocycles. The molecule has 0 saturated carbocycles. The molecular weight excluding hydrogens is 555 g/mol. The fraction of sp³-hybridized carbons (Fsp3) is 0.630. The molecule has 224 valence electrons. The van der Waals surface area contributed by atoms with E-state index in [0.29, 0.717) is 16.1 Å². The van der Waals surface area contributed by atoms with Gasteiger partial charge < -0.3 is 25.0 Å². The first-order valence-electron chi connectivity index (χ1n) is 12.8. The molecule has 0 radical (unpaired) electrons. The lowest BCUT2D eigenvalue weighted by Gasteiger charge is -2.34. The summed E-state index contributed by atoms with van der Waals surface area (Å²) in [6, 6.07) is 3.34. The van der Waals surface area contributed by atoms with Crippen molar-refractivity contribution in [1.29, 1.82) is 0 Å². The summed E-state index contributed by atoms with van der Waals surface area (Å²) in [7, 11) is 0. The van der Waals surface area contributed by atoms with Crippen LogP contribution in [0.1, 0.15) is 66.0 Å². The first-order valence-corrected chi connectivity index (χ1v) is 13.1. The Kier molecular flexibility index (Phi) is 10.5. The van der Waals surface area contributed by atoms with Crippen LogP contribution in [-0.2, 0) is 36.9 Å². The van der Waals surface area contributed by atoms with E-state index < -0.39 is 72.1 Å². The third-order valence-corrected chi connectivity index (χ3v) is 6.32. The third kappa shape index (κ3) is 9.57. The molecule has 1 unspecified atom stereocenters. The Morgan fingerprint density at radius 1 is 1.02 bits per heavy atom. The summed E-state index contributed by atoms with van der Waals surface area (Å²) in [6.07, 6.45) is -7.32. The quantitative estimate of drug-likeness (QED) is 0.443. The monoisotopic (exact) mass is 591 g/mol. The molecule has 0 aromatic heterocycles. The van der Waals surface area contributed by atoms with Crippen LogP contribution in [0.5, 0.6) is 0 Å². The minimum atomic E-state index is -4.64. The topological polar surface area (TPSA) is 114 Å². The van der Waals surface area contributed by atoms with Crippen LogP contribution in [0.3, 0.4) is 0 Å². The van der Waals surface area contributed by atoms with E-state index in [-0.39, 0.29) is 13.1 Å². The molecule has 0 spiro atoms. The molecule has 1 aromatic rings. The highest BCUT2D eigenvalue weighted by Crippen LogP contribution is 2.38. The number of benzene rings is 1. The number of esters is 1. The van der Waals surface area contributed by atoms with Crippen LogP contribution in [0, 0.1) is 11.3 Å². The molecule has 13 heteroatoms. The zero-order valence-corrected chi connectivity index (χ0v) is 24.5. The summed E-state index contributed by atoms with van der Waals surface area (Å²) in [4.78, 5) is 51.1. The number of carbonyl (C=O) groups is 4. The molecule has 3 atom stereocenters. The van der Waals surface area contributed by atoms with Gasteiger partial charge >= 0.3 is 18.2 Å². The molecule has 9 nitrogen and oxygen atoms in total. The number of alkyl carbamates (subject to hydrolysis) is 1. The van der Waals surface area contributed by atoms with Gasteiger partial charge in [-0.05, 0) is 50.5 Å². The van der Waals surface area contributed by atoms with Gasteiger partial charge in [-0.3, -0.25) is 14.4 Å². The molecule has 1 heterocycles. The molecule has 3 amide bonds. The highest BCUT2D eigenvalue weighted by Gasteiger charge is 2.53. The van der Waals surface area contributed by atoms with E-state index in [1.165, 1.54) is 0 Å². The molecule has 1 fully saturated rings. The van der Waals surface area contributed by atoms with Crippen LogP contribution < -0.4 is 10.6 Å². The van der Waals surface area contributed by atoms with Gasteiger partial charge in [-0.1, -0.05) is 38.4 Å². The van der Waals surface area contributed by atoms with Crippen LogP contribution in [-0.4, -0.2) is 59.2 Å². The van der Waals surface area contributed by atoms with Gasteiger partial charge in [0.05, 0.1) is 5.92 Å². The summed E-state index contributed by atoms with van der Waals surface area (Å²) in [5.74, 6) is -4.37. The lowest BCUT2D eigenvalue weighted by atomic mass is 9.88. The average molecular weight is 592 g/mol. The van der Waals surface area contributed by atoms with Gasteiger partial charge in [-0.25, -0.2) is 4.79 Å². The summed E-state index contributed by atoms with van der Waals surface area (Å²) < 4.78 is 51.4. The number of amides is 3. The average Bonchev–Trinajstić information content (AvgIpc) is 3.24. The predicted octanol–water partition coefficient (Wildman–Crippen LogP) is 4.74. The number of hydrogen-bond acceptors (Lipinski definition) is 6. The standard InChI is InChI=1S/C27H37ClF3N3O6/c1-15(35)39-21(25(2,3)4)23(37)34-14-18(27(29,30)31)11-20(34)22(36)32-13-17-10-19(28)9-8-16(17)12-33-24(38)40-26(5,6)7/h8-10,18,20-21H,11-14H2,1-7H3,(H,32,36)(H,33,38)/t18-,20-,21?/m0/s1. The molecular formula is C27H37ClF3N3O6. The minimum Gasteiger partial charge on any atom is -0.452 e. The van der Waals surface area contributed by atoms with Crippen molar-refractivity contribution in [3.8, 4) is 0 Å². The molecule has 0 aliphatic carbocycles. The van der Waals surface area contributed by atoms with Crippen molar-refractivity contribution < 1.29 is 41.8 Å². The van der Waals surface area contributed by atoms with Crippen molar-refractivity contribution in [2.45, 2.75) is 91.9 Å². The number of nitrogens with one attached hydrogen (secondary N) is 2. The lowest BCUT2D eigenvalue weighted by Crippen LogP contribution is -2.53. The van der Waals surface area contributed by atoms with Gasteiger partial charge in [0.25, 0.3) is 5.91 Å². The van der Waals surface area contributed by atoms with E-state index in [1.807, 2.05) is 0 Å². The number of alkyl halides is 3. The van der Waals surface area contributed by atoms with Crippen molar-refractivity contribution in [2.75, 3.05) is 6.54 Å². The van der Waals surface area contributed by atoms with Crippen LogP contribution >= 0.6 is 11.6 Å². The van der Waals surface area contributed by atoms with Crippen molar-refractivity contribution >= 4 is 35.5 Å². The molecule has 2 N–H and O–H groups in total. The fourth-order valence-corrected chi connectivity index (χ4v) is 4.39. The van der Waals surface area contributed by atoms with E-state index in [1.54, 1.807) is 59.7 Å². The van der Waals surface area contributed by atoms with Gasteiger partial charge in [-0.15, -0.1) is 0 Å². The van der Waals surface area contributed by atoms with Gasteiger partial charge in [0.2, 0.25) is 5.91 Å². The van der Waals surface area contributed by atoms with E-state index >= 15 is 0 Å². The van der Waals surface area contributed by atoms with Crippen molar-refractivity contribution in [1.82, 2.24) is 15.5 Å². The second-order valence-corrected chi connectivity index (χ2v) is 12.3. The summed E-state index contributed by atoms with van der Waals surface area (Å²) in [5.41, 5.74) is -0.545. The number of rotatable bonds is 7. The third-order valence-electron chi connectivity index (χ3n) is 6.09. The smallest absolute Gasteiger partial charge is 0.407 e. The Bertz CT molecular complexity index is 1110. The van der Waals surface area contributed by atoms with Gasteiger partial charge in [0.1, 0.15) is 11.6 Å². The van der Waals surface area contributed by atoms with Crippen LogP contribution in [0.25, 0.3) is 0 Å². The minimum absolute atomic E-state index is 0.0388. The second-order valence-electron chi connectivity index (χ2n) is 11.8. The van der Waals surface area contributed by atoms with Gasteiger partial charge in [0, 0.05) is 37.0 Å². The molecule has 2 rings (SSSR count). The predicted molar refractivity (Wildman–Crippen MR) is 141 cm³/mol. The Morgan fingerprint density at radius 3 is 2.15 bits per heavy atom. The molecule has 1 aromatic carbocycles. The first-order chi connectivity index (χ1) is 18.2. The number of halogens is 4. The number of likely N-dealkylation sites (tertiary alicyclic amines) is 1. The van der Waals surface area contributed by atoms with Crippen LogP contribution in [0.4, 0.5) is 18.0 Å². The molecule has 40 heavy (non-hydrogen) atoms. The Balaban J connectivity index is 2.24. The number of carbonyl (C=O) groups excluding carboxylic acids is 4. The number of hydrogen-bond donors (Lipinski definition) is 2. The Morgan fingerprint density at radius 2 is 1.62 bits per heavy atom. The summed E-state index contributed by atoms with van der Waals surface area (Å²) in [5, 5.41) is 5.55. The Hall–Kier alpha value is -3.02. The summed E-state index contributed by atoms with van der Waals surface area (Å²) in [6.45, 7) is 10.2. The maximum atomic E-state index is 13.7. The van der Waals surface area contributed by atoms with Crippen LogP contribution in [0.15, 0.2) is 18.2 Å². The molecule has 1 aliphatic rings. The number of ether oxygens (including phenoxy) is 2.